The molecule has 0 saturated heterocycles. The molecule has 0 fully saturated rings. The Hall–Kier alpha value is -3.31. The van der Waals surface area contributed by atoms with Gasteiger partial charge in [-0.05, 0) is 23.8 Å². The van der Waals surface area contributed by atoms with Crippen LogP contribution < -0.4 is 5.32 Å². The molecule has 1 aromatic heterocycles. The second kappa shape index (κ2) is 8.37. The number of fused-ring (bicyclic) bond motifs is 1. The van der Waals surface area contributed by atoms with Crippen molar-refractivity contribution in [3.8, 4) is 11.3 Å². The van der Waals surface area contributed by atoms with Gasteiger partial charge < -0.3 is 5.32 Å². The summed E-state index contributed by atoms with van der Waals surface area (Å²) in [6, 6.07) is 21.8. The lowest BCUT2D eigenvalue weighted by molar-refractivity contribution is -0.116. The van der Waals surface area contributed by atoms with Crippen LogP contribution in [0.15, 0.2) is 72.1 Å². The van der Waals surface area contributed by atoms with Crippen LogP contribution >= 0.6 is 11.3 Å². The molecular weight excluding hydrogens is 380 g/mol. The molecule has 4 nitrogen and oxygen atoms in total. The lowest BCUT2D eigenvalue weighted by Crippen LogP contribution is -2.13. The molecule has 0 radical (unpaired) electrons. The Labute approximate surface area is 173 Å². The third-order valence-corrected chi connectivity index (χ3v) is 5.51. The van der Waals surface area contributed by atoms with Gasteiger partial charge in [-0.2, -0.15) is 0 Å². The van der Waals surface area contributed by atoms with E-state index in [1.165, 1.54) is 16.7 Å². The number of aromatic nitrogens is 1. The summed E-state index contributed by atoms with van der Waals surface area (Å²) in [6.45, 7) is 1.97. The molecule has 1 N–H and O–H groups in total. The second-order valence-electron chi connectivity index (χ2n) is 6.94. The molecule has 0 aliphatic carbocycles. The number of benzene rings is 3. The predicted octanol–water partition coefficient (Wildman–Crippen LogP) is 5.87. The number of carbonyl (C=O) groups excluding carboxylic acids is 2. The van der Waals surface area contributed by atoms with Crippen LogP contribution in [0.5, 0.6) is 0 Å². The molecule has 29 heavy (non-hydrogen) atoms. The molecule has 144 valence electrons. The number of nitrogens with one attached hydrogen (secondary N) is 1. The van der Waals surface area contributed by atoms with Crippen LogP contribution in [0.2, 0.25) is 0 Å². The molecular formula is C24H20N2O2S. The quantitative estimate of drug-likeness (QED) is 0.412. The van der Waals surface area contributed by atoms with Crippen molar-refractivity contribution in [2.45, 2.75) is 19.8 Å². The van der Waals surface area contributed by atoms with Gasteiger partial charge in [0.15, 0.2) is 10.9 Å². The number of anilines is 1. The Morgan fingerprint density at radius 1 is 0.931 bits per heavy atom. The molecule has 1 amide bonds. The highest BCUT2D eigenvalue weighted by Crippen LogP contribution is 2.27. The number of thiazole rings is 1. The summed E-state index contributed by atoms with van der Waals surface area (Å²) >= 11 is 1.38. The van der Waals surface area contributed by atoms with Crippen LogP contribution in [-0.2, 0) is 4.79 Å². The summed E-state index contributed by atoms with van der Waals surface area (Å²) in [4.78, 5) is 29.0. The van der Waals surface area contributed by atoms with Crippen molar-refractivity contribution in [3.05, 3.63) is 83.2 Å². The summed E-state index contributed by atoms with van der Waals surface area (Å²) in [6.07, 6.45) is 0.315. The van der Waals surface area contributed by atoms with Gasteiger partial charge in [0.25, 0.3) is 0 Å². The largest absolute Gasteiger partial charge is 0.302 e. The molecule has 0 aliphatic heterocycles. The molecule has 5 heteroatoms. The van der Waals surface area contributed by atoms with E-state index in [2.05, 4.69) is 34.6 Å². The third-order valence-electron chi connectivity index (χ3n) is 4.75. The minimum absolute atomic E-state index is 0.0314. The van der Waals surface area contributed by atoms with E-state index in [4.69, 9.17) is 0 Å². The van der Waals surface area contributed by atoms with E-state index >= 15 is 0 Å². The minimum Gasteiger partial charge on any atom is -0.302 e. The first-order valence-corrected chi connectivity index (χ1v) is 10.3. The van der Waals surface area contributed by atoms with Crippen molar-refractivity contribution in [1.29, 1.82) is 0 Å². The number of carbonyl (C=O) groups is 2. The maximum Gasteiger partial charge on any atom is 0.226 e. The van der Waals surface area contributed by atoms with Gasteiger partial charge in [0.05, 0.1) is 5.69 Å². The van der Waals surface area contributed by atoms with Crippen molar-refractivity contribution in [2.24, 2.45) is 0 Å². The van der Waals surface area contributed by atoms with Gasteiger partial charge in [0.2, 0.25) is 5.91 Å². The van der Waals surface area contributed by atoms with E-state index in [1.54, 1.807) is 12.1 Å². The predicted molar refractivity (Wildman–Crippen MR) is 118 cm³/mol. The van der Waals surface area contributed by atoms with E-state index in [-0.39, 0.29) is 24.5 Å². The Kier molecular flexibility index (Phi) is 5.49. The maximum atomic E-state index is 12.2. The zero-order valence-corrected chi connectivity index (χ0v) is 16.8. The molecule has 4 rings (SSSR count). The van der Waals surface area contributed by atoms with Crippen molar-refractivity contribution in [1.82, 2.24) is 4.98 Å². The van der Waals surface area contributed by atoms with Crippen LogP contribution in [0, 0.1) is 6.92 Å². The highest BCUT2D eigenvalue weighted by molar-refractivity contribution is 7.14. The molecule has 0 atom stereocenters. The number of hydrogen-bond acceptors (Lipinski definition) is 4. The first-order valence-electron chi connectivity index (χ1n) is 9.43. The summed E-state index contributed by atoms with van der Waals surface area (Å²) in [5, 5.41) is 7.60. The summed E-state index contributed by atoms with van der Waals surface area (Å²) in [7, 11) is 0. The number of nitrogens with zero attached hydrogens (tertiary/aromatic N) is 1. The number of hydrogen-bond donors (Lipinski definition) is 1. The number of rotatable bonds is 6. The maximum absolute atomic E-state index is 12.2. The van der Waals surface area contributed by atoms with Crippen molar-refractivity contribution >= 4 is 38.9 Å². The second-order valence-corrected chi connectivity index (χ2v) is 7.80. The minimum atomic E-state index is -0.204. The van der Waals surface area contributed by atoms with Crippen LogP contribution in [0.25, 0.3) is 22.0 Å². The molecule has 1 heterocycles. The van der Waals surface area contributed by atoms with Crippen LogP contribution in [0.4, 0.5) is 5.13 Å². The monoisotopic (exact) mass is 400 g/mol. The Bertz CT molecular complexity index is 1180. The fraction of sp³-hybridized carbons (Fsp3) is 0.125. The smallest absolute Gasteiger partial charge is 0.226 e. The highest BCUT2D eigenvalue weighted by atomic mass is 32.1. The Balaban J connectivity index is 1.37. The highest BCUT2D eigenvalue weighted by Gasteiger charge is 2.12. The SMILES string of the molecule is Cc1ccc(C(=O)CCC(=O)Nc2nc(-c3ccc4ccccc4c3)cs2)cc1. The van der Waals surface area contributed by atoms with Crippen molar-refractivity contribution in [2.75, 3.05) is 5.32 Å². The van der Waals surface area contributed by atoms with Gasteiger partial charge in [0, 0.05) is 29.3 Å². The summed E-state index contributed by atoms with van der Waals surface area (Å²) < 4.78 is 0. The fourth-order valence-electron chi connectivity index (χ4n) is 3.11. The molecule has 0 bridgehead atoms. The molecule has 0 unspecified atom stereocenters. The van der Waals surface area contributed by atoms with E-state index < -0.39 is 0 Å². The van der Waals surface area contributed by atoms with Gasteiger partial charge in [0.1, 0.15) is 0 Å². The fourth-order valence-corrected chi connectivity index (χ4v) is 3.84. The van der Waals surface area contributed by atoms with Gasteiger partial charge in [-0.1, -0.05) is 66.2 Å². The van der Waals surface area contributed by atoms with Gasteiger partial charge >= 0.3 is 0 Å². The standard InChI is InChI=1S/C24H20N2O2S/c1-16-6-8-18(9-7-16)22(27)12-13-23(28)26-24-25-21(15-29-24)20-11-10-17-4-2-3-5-19(17)14-20/h2-11,14-15H,12-13H2,1H3,(H,25,26,28). The summed E-state index contributed by atoms with van der Waals surface area (Å²) in [5.74, 6) is -0.235. The van der Waals surface area contributed by atoms with E-state index in [1.807, 2.05) is 42.6 Å². The van der Waals surface area contributed by atoms with Crippen molar-refractivity contribution in [3.63, 3.8) is 0 Å². The lowest BCUT2D eigenvalue weighted by Gasteiger charge is -2.03. The lowest BCUT2D eigenvalue weighted by atomic mass is 10.1. The first-order chi connectivity index (χ1) is 14.1. The van der Waals surface area contributed by atoms with Crippen molar-refractivity contribution < 1.29 is 9.59 Å². The number of amides is 1. The molecule has 0 saturated carbocycles. The summed E-state index contributed by atoms with van der Waals surface area (Å²) in [5.41, 5.74) is 3.57. The number of ketones is 1. The molecule has 4 aromatic rings. The first kappa shape index (κ1) is 19.0. The zero-order chi connectivity index (χ0) is 20.2. The zero-order valence-electron chi connectivity index (χ0n) is 16.0. The molecule has 0 spiro atoms. The normalized spacial score (nSPS) is 10.8. The topological polar surface area (TPSA) is 59.1 Å². The Morgan fingerprint density at radius 3 is 2.48 bits per heavy atom. The average molecular weight is 401 g/mol. The molecule has 3 aromatic carbocycles. The van der Waals surface area contributed by atoms with Gasteiger partial charge in [-0.15, -0.1) is 11.3 Å². The van der Waals surface area contributed by atoms with Crippen LogP contribution in [0.1, 0.15) is 28.8 Å². The van der Waals surface area contributed by atoms with E-state index in [9.17, 15) is 9.59 Å². The Morgan fingerprint density at radius 2 is 1.69 bits per heavy atom. The van der Waals surface area contributed by atoms with Gasteiger partial charge in [-0.25, -0.2) is 4.98 Å². The molecule has 0 aliphatic rings. The third kappa shape index (κ3) is 4.58. The van der Waals surface area contributed by atoms with Crippen LogP contribution in [0.3, 0.4) is 0 Å². The van der Waals surface area contributed by atoms with E-state index in [0.29, 0.717) is 10.7 Å². The number of Topliss-reactive ketones (excluding diaryl/α,β-unsaturated/α-hetero) is 1. The number of aryl methyl sites for hydroxylation is 1. The van der Waals surface area contributed by atoms with E-state index in [0.717, 1.165) is 22.2 Å². The van der Waals surface area contributed by atoms with Gasteiger partial charge in [-0.3, -0.25) is 9.59 Å². The van der Waals surface area contributed by atoms with Crippen LogP contribution in [-0.4, -0.2) is 16.7 Å². The average Bonchev–Trinajstić information content (AvgIpc) is 3.20.